The second-order valence-electron chi connectivity index (χ2n) is 2.33. The Morgan fingerprint density at radius 3 is 2.33 bits per heavy atom. The minimum absolute atomic E-state index is 0.130. The largest absolute Gasteiger partial charge is 0.273 e. The predicted octanol–water partition coefficient (Wildman–Crippen LogP) is 0.759. The standard InChI is InChI=1S/C7H13IN2O2/c1-2-3-4-6(11)9-10-7(12)5-8/h2-5H2,1H3,(H,9,11)(H,10,12). The molecule has 0 aliphatic heterocycles. The van der Waals surface area contributed by atoms with E-state index in [2.05, 4.69) is 10.9 Å². The topological polar surface area (TPSA) is 58.2 Å². The molecule has 0 aliphatic rings. The van der Waals surface area contributed by atoms with E-state index in [0.717, 1.165) is 12.8 Å². The molecule has 0 unspecified atom stereocenters. The van der Waals surface area contributed by atoms with Gasteiger partial charge in [-0.15, -0.1) is 0 Å². The van der Waals surface area contributed by atoms with Crippen LogP contribution in [0.25, 0.3) is 0 Å². The second kappa shape index (κ2) is 7.33. The summed E-state index contributed by atoms with van der Waals surface area (Å²) >= 11 is 1.93. The van der Waals surface area contributed by atoms with Crippen LogP contribution in [0.4, 0.5) is 0 Å². The number of rotatable bonds is 4. The van der Waals surface area contributed by atoms with E-state index in [0.29, 0.717) is 10.8 Å². The van der Waals surface area contributed by atoms with Crippen LogP contribution in [0.2, 0.25) is 0 Å². The summed E-state index contributed by atoms with van der Waals surface area (Å²) in [5, 5.41) is 0. The molecule has 4 nitrogen and oxygen atoms in total. The number of amides is 2. The third-order valence-electron chi connectivity index (χ3n) is 1.22. The molecule has 0 aliphatic carbocycles. The van der Waals surface area contributed by atoms with Gasteiger partial charge in [0.05, 0.1) is 4.43 Å². The van der Waals surface area contributed by atoms with Crippen LogP contribution in [0.5, 0.6) is 0 Å². The van der Waals surface area contributed by atoms with Crippen molar-refractivity contribution >= 4 is 34.4 Å². The third kappa shape index (κ3) is 6.38. The maximum atomic E-state index is 10.9. The van der Waals surface area contributed by atoms with Crippen LogP contribution >= 0.6 is 22.6 Å². The number of nitrogens with one attached hydrogen (secondary N) is 2. The predicted molar refractivity (Wildman–Crippen MR) is 54.7 cm³/mol. The lowest BCUT2D eigenvalue weighted by atomic mass is 10.2. The van der Waals surface area contributed by atoms with E-state index < -0.39 is 0 Å². The number of carbonyl (C=O) groups is 2. The van der Waals surface area contributed by atoms with Crippen molar-refractivity contribution in [1.29, 1.82) is 0 Å². The first kappa shape index (κ1) is 11.7. The van der Waals surface area contributed by atoms with Crippen molar-refractivity contribution in [3.8, 4) is 0 Å². The van der Waals surface area contributed by atoms with Crippen LogP contribution < -0.4 is 10.9 Å². The van der Waals surface area contributed by atoms with Crippen LogP contribution in [-0.2, 0) is 9.59 Å². The summed E-state index contributed by atoms with van der Waals surface area (Å²) in [6.07, 6.45) is 2.30. The van der Waals surface area contributed by atoms with Crippen molar-refractivity contribution in [2.45, 2.75) is 26.2 Å². The van der Waals surface area contributed by atoms with Crippen molar-refractivity contribution in [2.75, 3.05) is 4.43 Å². The van der Waals surface area contributed by atoms with E-state index in [4.69, 9.17) is 0 Å². The summed E-state index contributed by atoms with van der Waals surface area (Å²) in [6, 6.07) is 0. The van der Waals surface area contributed by atoms with E-state index >= 15 is 0 Å². The molecule has 0 heterocycles. The van der Waals surface area contributed by atoms with Gasteiger partial charge in [-0.05, 0) is 6.42 Å². The number of halogens is 1. The Morgan fingerprint density at radius 1 is 1.25 bits per heavy atom. The number of hydrogen-bond donors (Lipinski definition) is 2. The van der Waals surface area contributed by atoms with Crippen molar-refractivity contribution in [2.24, 2.45) is 0 Å². The molecular weight excluding hydrogens is 271 g/mol. The first-order valence-corrected chi connectivity index (χ1v) is 5.37. The van der Waals surface area contributed by atoms with Crippen molar-refractivity contribution < 1.29 is 9.59 Å². The minimum Gasteiger partial charge on any atom is -0.273 e. The van der Waals surface area contributed by atoms with Gasteiger partial charge in [-0.2, -0.15) is 0 Å². The summed E-state index contributed by atoms with van der Waals surface area (Å²) in [6.45, 7) is 2.01. The van der Waals surface area contributed by atoms with Crippen molar-refractivity contribution in [3.05, 3.63) is 0 Å². The molecule has 0 rings (SSSR count). The van der Waals surface area contributed by atoms with Gasteiger partial charge in [0.2, 0.25) is 11.8 Å². The third-order valence-corrected chi connectivity index (χ3v) is 1.91. The Balaban J connectivity index is 3.37. The molecule has 2 amide bonds. The highest BCUT2D eigenvalue weighted by atomic mass is 127. The summed E-state index contributed by atoms with van der Waals surface area (Å²) in [5.41, 5.74) is 4.62. The zero-order valence-corrected chi connectivity index (χ0v) is 9.18. The number of alkyl halides is 1. The van der Waals surface area contributed by atoms with Gasteiger partial charge >= 0.3 is 0 Å². The molecule has 5 heteroatoms. The van der Waals surface area contributed by atoms with E-state index in [9.17, 15) is 9.59 Å². The van der Waals surface area contributed by atoms with Gasteiger partial charge in [0.15, 0.2) is 0 Å². The first-order valence-electron chi connectivity index (χ1n) is 3.84. The maximum absolute atomic E-state index is 10.9. The van der Waals surface area contributed by atoms with E-state index in [1.54, 1.807) is 0 Å². The van der Waals surface area contributed by atoms with Crippen molar-refractivity contribution in [1.82, 2.24) is 10.9 Å². The fourth-order valence-corrected chi connectivity index (χ4v) is 0.763. The number of unbranched alkanes of at least 4 members (excludes halogenated alkanes) is 1. The van der Waals surface area contributed by atoms with Crippen LogP contribution in [0.3, 0.4) is 0 Å². The molecule has 0 aromatic carbocycles. The van der Waals surface area contributed by atoms with Gasteiger partial charge in [0.25, 0.3) is 0 Å². The van der Waals surface area contributed by atoms with Crippen LogP contribution in [-0.4, -0.2) is 16.2 Å². The fraction of sp³-hybridized carbons (Fsp3) is 0.714. The Bertz CT molecular complexity index is 161. The lowest BCUT2D eigenvalue weighted by molar-refractivity contribution is -0.127. The van der Waals surface area contributed by atoms with Gasteiger partial charge in [-0.25, -0.2) is 0 Å². The molecule has 0 aromatic heterocycles. The van der Waals surface area contributed by atoms with Gasteiger partial charge in [0, 0.05) is 6.42 Å². The lowest BCUT2D eigenvalue weighted by Crippen LogP contribution is -2.42. The molecule has 0 saturated heterocycles. The quantitative estimate of drug-likeness (QED) is 0.455. The highest BCUT2D eigenvalue weighted by Gasteiger charge is 2.01. The maximum Gasteiger partial charge on any atom is 0.248 e. The SMILES string of the molecule is CCCCC(=O)NNC(=O)CI. The van der Waals surface area contributed by atoms with E-state index in [1.807, 2.05) is 29.5 Å². The van der Waals surface area contributed by atoms with E-state index in [-0.39, 0.29) is 11.8 Å². The average Bonchev–Trinajstić information content (AvgIpc) is 2.10. The molecule has 0 saturated carbocycles. The normalized spacial score (nSPS) is 9.17. The second-order valence-corrected chi connectivity index (χ2v) is 3.10. The molecular formula is C7H13IN2O2. The fourth-order valence-electron chi connectivity index (χ4n) is 0.573. The van der Waals surface area contributed by atoms with Crippen LogP contribution in [0.1, 0.15) is 26.2 Å². The Hall–Kier alpha value is -0.330. The number of hydrogen-bond acceptors (Lipinski definition) is 2. The summed E-state index contributed by atoms with van der Waals surface area (Å²) < 4.78 is 0.353. The van der Waals surface area contributed by atoms with Gasteiger partial charge < -0.3 is 0 Å². The average molecular weight is 284 g/mol. The molecule has 0 spiro atoms. The Kier molecular flexibility index (Phi) is 7.12. The highest BCUT2D eigenvalue weighted by molar-refractivity contribution is 14.1. The molecule has 0 radical (unpaired) electrons. The molecule has 0 atom stereocenters. The Morgan fingerprint density at radius 2 is 1.83 bits per heavy atom. The van der Waals surface area contributed by atoms with Crippen molar-refractivity contribution in [3.63, 3.8) is 0 Å². The smallest absolute Gasteiger partial charge is 0.248 e. The number of carbonyl (C=O) groups excluding carboxylic acids is 2. The highest BCUT2D eigenvalue weighted by Crippen LogP contribution is 1.91. The summed E-state index contributed by atoms with van der Waals surface area (Å²) in [7, 11) is 0. The Labute approximate surface area is 85.6 Å². The van der Waals surface area contributed by atoms with E-state index in [1.165, 1.54) is 0 Å². The zero-order valence-electron chi connectivity index (χ0n) is 7.02. The van der Waals surface area contributed by atoms with Crippen LogP contribution in [0.15, 0.2) is 0 Å². The van der Waals surface area contributed by atoms with Gasteiger partial charge in [-0.3, -0.25) is 20.4 Å². The molecule has 2 N–H and O–H groups in total. The van der Waals surface area contributed by atoms with Gasteiger partial charge in [0.1, 0.15) is 0 Å². The molecule has 0 aromatic rings. The molecule has 0 fully saturated rings. The number of hydrazine groups is 1. The monoisotopic (exact) mass is 284 g/mol. The minimum atomic E-state index is -0.180. The summed E-state index contributed by atoms with van der Waals surface area (Å²) in [5.74, 6) is -0.310. The first-order chi connectivity index (χ1) is 5.70. The summed E-state index contributed by atoms with van der Waals surface area (Å²) in [4.78, 5) is 21.6. The molecule has 70 valence electrons. The van der Waals surface area contributed by atoms with Crippen LogP contribution in [0, 0.1) is 0 Å². The molecule has 12 heavy (non-hydrogen) atoms. The lowest BCUT2D eigenvalue weighted by Gasteiger charge is -2.04. The zero-order chi connectivity index (χ0) is 9.40. The van der Waals surface area contributed by atoms with Gasteiger partial charge in [-0.1, -0.05) is 35.9 Å². The molecule has 0 bridgehead atoms.